The van der Waals surface area contributed by atoms with Crippen LogP contribution in [-0.4, -0.2) is 16.6 Å². The monoisotopic (exact) mass is 241 g/mol. The smallest absolute Gasteiger partial charge is 0.306 e. The zero-order chi connectivity index (χ0) is 12.0. The van der Waals surface area contributed by atoms with E-state index in [4.69, 9.17) is 4.74 Å². The fraction of sp³-hybridized carbons (Fsp3) is 0.300. The van der Waals surface area contributed by atoms with E-state index >= 15 is 0 Å². The van der Waals surface area contributed by atoms with Crippen molar-refractivity contribution in [2.75, 3.05) is 5.75 Å². The van der Waals surface area contributed by atoms with Crippen LogP contribution in [0.25, 0.3) is 0 Å². The van der Waals surface area contributed by atoms with Gasteiger partial charge in [0.1, 0.15) is 6.61 Å². The van der Waals surface area contributed by atoms with E-state index in [0.717, 1.165) is 5.56 Å². The van der Waals surface area contributed by atoms with Gasteiger partial charge in [0.2, 0.25) is 0 Å². The lowest BCUT2D eigenvalue weighted by molar-refractivity contribution is -0.384. The number of benzene rings is 1. The van der Waals surface area contributed by atoms with Gasteiger partial charge in [-0.25, -0.2) is 0 Å². The van der Waals surface area contributed by atoms with Crippen molar-refractivity contribution < 1.29 is 14.5 Å². The van der Waals surface area contributed by atoms with Crippen LogP contribution in [0.4, 0.5) is 5.69 Å². The number of nitrogens with zero attached hydrogens (tertiary/aromatic N) is 1. The summed E-state index contributed by atoms with van der Waals surface area (Å²) < 4.78 is 4.91. The molecule has 0 bridgehead atoms. The maximum absolute atomic E-state index is 11.0. The second kappa shape index (κ2) is 6.12. The Morgan fingerprint density at radius 3 is 2.50 bits per heavy atom. The molecule has 0 heterocycles. The van der Waals surface area contributed by atoms with Crippen molar-refractivity contribution in [1.82, 2.24) is 0 Å². The van der Waals surface area contributed by atoms with Gasteiger partial charge in [-0.2, -0.15) is 12.6 Å². The molecule has 1 rings (SSSR count). The predicted octanol–water partition coefficient (Wildman–Crippen LogP) is 1.96. The Kier molecular flexibility index (Phi) is 4.78. The SMILES string of the molecule is O=C(CCS)OCc1ccc([N+](=O)[O-])cc1. The summed E-state index contributed by atoms with van der Waals surface area (Å²) in [4.78, 5) is 20.9. The first-order chi connectivity index (χ1) is 7.63. The predicted molar refractivity (Wildman–Crippen MR) is 61.4 cm³/mol. The first-order valence-electron chi connectivity index (χ1n) is 4.63. The van der Waals surface area contributed by atoms with E-state index in [1.165, 1.54) is 12.1 Å². The van der Waals surface area contributed by atoms with Crippen LogP contribution < -0.4 is 0 Å². The standard InChI is InChI=1S/C10H11NO4S/c12-10(5-6-16)15-7-8-1-3-9(4-2-8)11(13)14/h1-4,16H,5-7H2. The van der Waals surface area contributed by atoms with E-state index in [1.807, 2.05) is 0 Å². The van der Waals surface area contributed by atoms with Crippen LogP contribution in [0.1, 0.15) is 12.0 Å². The molecule has 0 fully saturated rings. The Morgan fingerprint density at radius 2 is 2.00 bits per heavy atom. The molecule has 16 heavy (non-hydrogen) atoms. The van der Waals surface area contributed by atoms with Crippen LogP contribution in [-0.2, 0) is 16.1 Å². The highest BCUT2D eigenvalue weighted by Gasteiger charge is 2.05. The number of esters is 1. The van der Waals surface area contributed by atoms with Crippen molar-refractivity contribution in [3.8, 4) is 0 Å². The van der Waals surface area contributed by atoms with Crippen LogP contribution >= 0.6 is 12.6 Å². The number of non-ortho nitro benzene ring substituents is 1. The largest absolute Gasteiger partial charge is 0.461 e. The minimum Gasteiger partial charge on any atom is -0.461 e. The molecule has 0 unspecified atom stereocenters. The molecule has 0 amide bonds. The molecule has 0 aromatic heterocycles. The molecule has 1 aromatic rings. The van der Waals surface area contributed by atoms with Gasteiger partial charge in [0.05, 0.1) is 11.3 Å². The van der Waals surface area contributed by atoms with E-state index < -0.39 is 4.92 Å². The van der Waals surface area contributed by atoms with Crippen LogP contribution in [0, 0.1) is 10.1 Å². The summed E-state index contributed by atoms with van der Waals surface area (Å²) in [5.74, 6) is 0.118. The van der Waals surface area contributed by atoms with Crippen molar-refractivity contribution in [3.63, 3.8) is 0 Å². The highest BCUT2D eigenvalue weighted by atomic mass is 32.1. The van der Waals surface area contributed by atoms with Crippen molar-refractivity contribution in [2.45, 2.75) is 13.0 Å². The molecule has 0 aliphatic heterocycles. The minimum absolute atomic E-state index is 0.0189. The lowest BCUT2D eigenvalue weighted by atomic mass is 10.2. The molecule has 0 aliphatic carbocycles. The molecule has 5 nitrogen and oxygen atoms in total. The van der Waals surface area contributed by atoms with Crippen LogP contribution in [0.2, 0.25) is 0 Å². The van der Waals surface area contributed by atoms with Crippen LogP contribution in [0.5, 0.6) is 0 Å². The molecular weight excluding hydrogens is 230 g/mol. The van der Waals surface area contributed by atoms with Crippen molar-refractivity contribution in [1.29, 1.82) is 0 Å². The zero-order valence-electron chi connectivity index (χ0n) is 8.46. The van der Waals surface area contributed by atoms with Gasteiger partial charge in [-0.1, -0.05) is 0 Å². The quantitative estimate of drug-likeness (QED) is 0.370. The molecule has 86 valence electrons. The fourth-order valence-electron chi connectivity index (χ4n) is 1.04. The van der Waals surface area contributed by atoms with Gasteiger partial charge in [0.25, 0.3) is 5.69 Å². The van der Waals surface area contributed by atoms with E-state index in [1.54, 1.807) is 12.1 Å². The Balaban J connectivity index is 2.49. The lowest BCUT2D eigenvalue weighted by Crippen LogP contribution is -2.04. The van der Waals surface area contributed by atoms with E-state index in [-0.39, 0.29) is 24.7 Å². The minimum atomic E-state index is -0.476. The van der Waals surface area contributed by atoms with Gasteiger partial charge in [-0.15, -0.1) is 0 Å². The molecule has 0 radical (unpaired) electrons. The first kappa shape index (κ1) is 12.5. The highest BCUT2D eigenvalue weighted by Crippen LogP contribution is 2.12. The first-order valence-corrected chi connectivity index (χ1v) is 5.26. The Hall–Kier alpha value is -1.56. The van der Waals surface area contributed by atoms with Crippen molar-refractivity contribution in [3.05, 3.63) is 39.9 Å². The summed E-state index contributed by atoms with van der Waals surface area (Å²) in [6, 6.07) is 5.88. The van der Waals surface area contributed by atoms with Crippen LogP contribution in [0.15, 0.2) is 24.3 Å². The van der Waals surface area contributed by atoms with Gasteiger partial charge >= 0.3 is 5.97 Å². The highest BCUT2D eigenvalue weighted by molar-refractivity contribution is 7.80. The van der Waals surface area contributed by atoms with Crippen LogP contribution in [0.3, 0.4) is 0 Å². The van der Waals surface area contributed by atoms with Gasteiger partial charge in [-0.3, -0.25) is 14.9 Å². The average molecular weight is 241 g/mol. The third kappa shape index (κ3) is 3.90. The average Bonchev–Trinajstić information content (AvgIpc) is 2.27. The van der Waals surface area contributed by atoms with E-state index in [2.05, 4.69) is 12.6 Å². The number of thiol groups is 1. The summed E-state index contributed by atoms with van der Waals surface area (Å²) in [5, 5.41) is 10.4. The van der Waals surface area contributed by atoms with Gasteiger partial charge < -0.3 is 4.74 Å². The summed E-state index contributed by atoms with van der Waals surface area (Å²) in [5.41, 5.74) is 0.739. The maximum Gasteiger partial charge on any atom is 0.306 e. The molecule has 6 heteroatoms. The molecule has 0 aliphatic rings. The molecule has 0 spiro atoms. The third-order valence-corrected chi connectivity index (χ3v) is 2.09. The topological polar surface area (TPSA) is 69.4 Å². The van der Waals surface area contributed by atoms with Gasteiger partial charge in [0, 0.05) is 17.9 Å². The molecular formula is C10H11NO4S. The number of nitro groups is 1. The molecule has 0 saturated heterocycles. The van der Waals surface area contributed by atoms with Crippen molar-refractivity contribution in [2.24, 2.45) is 0 Å². The van der Waals surface area contributed by atoms with E-state index in [9.17, 15) is 14.9 Å². The Bertz CT molecular complexity index is 377. The summed E-state index contributed by atoms with van der Waals surface area (Å²) in [6.45, 7) is 0.130. The van der Waals surface area contributed by atoms with Crippen molar-refractivity contribution >= 4 is 24.3 Å². The normalized spacial score (nSPS) is 9.81. The number of ether oxygens (including phenoxy) is 1. The van der Waals surface area contributed by atoms with Gasteiger partial charge in [-0.05, 0) is 17.7 Å². The Morgan fingerprint density at radius 1 is 1.38 bits per heavy atom. The fourth-order valence-corrected chi connectivity index (χ4v) is 1.22. The molecule has 1 aromatic carbocycles. The number of carbonyl (C=O) groups excluding carboxylic acids is 1. The lowest BCUT2D eigenvalue weighted by Gasteiger charge is -2.03. The van der Waals surface area contributed by atoms with E-state index in [0.29, 0.717) is 5.75 Å². The number of hydrogen-bond acceptors (Lipinski definition) is 5. The number of rotatable bonds is 5. The Labute approximate surface area is 98.0 Å². The molecule has 0 saturated carbocycles. The third-order valence-electron chi connectivity index (χ3n) is 1.86. The number of carbonyl (C=O) groups is 1. The zero-order valence-corrected chi connectivity index (χ0v) is 9.35. The van der Waals surface area contributed by atoms with Gasteiger partial charge in [0.15, 0.2) is 0 Å². The number of nitro benzene ring substituents is 1. The molecule has 0 atom stereocenters. The second-order valence-corrected chi connectivity index (χ2v) is 3.51. The second-order valence-electron chi connectivity index (χ2n) is 3.06. The molecule has 0 N–H and O–H groups in total. The maximum atomic E-state index is 11.0. The summed E-state index contributed by atoms with van der Waals surface area (Å²) >= 11 is 3.90. The number of hydrogen-bond donors (Lipinski definition) is 1. The summed E-state index contributed by atoms with van der Waals surface area (Å²) in [6.07, 6.45) is 0.260. The summed E-state index contributed by atoms with van der Waals surface area (Å²) in [7, 11) is 0.